The molecule has 0 nitrogen and oxygen atoms in total. The van der Waals surface area contributed by atoms with Gasteiger partial charge in [-0.05, 0) is 43.7 Å². The van der Waals surface area contributed by atoms with Crippen LogP contribution in [0.1, 0.15) is 13.8 Å². The van der Waals surface area contributed by atoms with E-state index < -0.39 is 13.2 Å². The summed E-state index contributed by atoms with van der Waals surface area (Å²) in [4.78, 5) is 0. The van der Waals surface area contributed by atoms with E-state index in [2.05, 4.69) is 190 Å². The molecule has 0 atom stereocenters. The van der Waals surface area contributed by atoms with Gasteiger partial charge in [0.15, 0.2) is 0 Å². The monoisotopic (exact) mass is 812 g/mol. The Hall–Kier alpha value is -2.79. The second kappa shape index (κ2) is 15.5. The number of hydrogen-bond donors (Lipinski definition) is 0. The molecule has 0 N–H and O–H groups in total. The van der Waals surface area contributed by atoms with E-state index in [0.717, 1.165) is 0 Å². The van der Waals surface area contributed by atoms with E-state index in [9.17, 15) is 0 Å². The van der Waals surface area contributed by atoms with E-state index in [-0.39, 0.29) is 22.4 Å². The number of rotatable bonds is 8. The first-order valence-electron chi connectivity index (χ1n) is 14.6. The fourth-order valence-corrected chi connectivity index (χ4v) is 14.7. The zero-order chi connectivity index (χ0) is 30.0. The maximum absolute atomic E-state index is 7.63. The molecule has 0 spiro atoms. The van der Waals surface area contributed by atoms with Gasteiger partial charge in [0.25, 0.3) is 0 Å². The Morgan fingerprint density at radius 2 is 0.636 bits per heavy atom. The second-order valence-electron chi connectivity index (χ2n) is 10.3. The largest absolute Gasteiger partial charge is 1.00 e. The van der Waals surface area contributed by atoms with Crippen molar-refractivity contribution in [3.05, 3.63) is 194 Å². The third kappa shape index (κ3) is 6.45. The Bertz CT molecular complexity index is 1490. The van der Waals surface area contributed by atoms with Crippen molar-refractivity contribution < 1.29 is 22.4 Å². The first-order valence-corrected chi connectivity index (χ1v) is 19.7. The molecule has 0 aliphatic carbocycles. The van der Waals surface area contributed by atoms with Crippen LogP contribution in [-0.2, 0) is 22.4 Å². The molecule has 44 heavy (non-hydrogen) atoms. The van der Waals surface area contributed by atoms with E-state index in [0.29, 0.717) is 0 Å². The molecule has 0 aliphatic rings. The van der Waals surface area contributed by atoms with E-state index in [1.165, 1.54) is 31.8 Å². The van der Waals surface area contributed by atoms with Crippen molar-refractivity contribution in [3.63, 3.8) is 0 Å². The minimum atomic E-state index is -3.05. The minimum absolute atomic E-state index is 0. The third-order valence-corrected chi connectivity index (χ3v) is 19.5. The molecule has 0 saturated heterocycles. The predicted molar refractivity (Wildman–Crippen MR) is 196 cm³/mol. The van der Waals surface area contributed by atoms with Crippen LogP contribution < -0.4 is 31.8 Å². The Morgan fingerprint density at radius 3 is 0.841 bits per heavy atom. The Kier molecular flexibility index (Phi) is 12.0. The van der Waals surface area contributed by atoms with Gasteiger partial charge < -0.3 is 0 Å². The molecule has 0 saturated carbocycles. The van der Waals surface area contributed by atoms with Crippen LogP contribution in [0.3, 0.4) is 0 Å². The Morgan fingerprint density at radius 1 is 0.409 bits per heavy atom. The Balaban J connectivity index is 0.000000197. The van der Waals surface area contributed by atoms with Crippen LogP contribution in [0.25, 0.3) is 0 Å². The summed E-state index contributed by atoms with van der Waals surface area (Å²) in [6.07, 6.45) is 4.63. The molecule has 0 aliphatic heterocycles. The zero-order valence-corrected chi connectivity index (χ0v) is 29.8. The van der Waals surface area contributed by atoms with Gasteiger partial charge in [0.2, 0.25) is 0 Å². The van der Waals surface area contributed by atoms with Gasteiger partial charge in [0.1, 0.15) is 0 Å². The average Bonchev–Trinajstić information content (AvgIpc) is 3.11. The van der Waals surface area contributed by atoms with Gasteiger partial charge in [-0.3, -0.25) is 0 Å². The van der Waals surface area contributed by atoms with E-state index in [4.69, 9.17) is 11.2 Å². The topological polar surface area (TPSA) is 0 Å². The van der Waals surface area contributed by atoms with E-state index in [1.54, 1.807) is 0 Å². The van der Waals surface area contributed by atoms with Crippen LogP contribution in [0.15, 0.2) is 182 Å². The maximum Gasteiger partial charge on any atom is 1.00 e. The van der Waals surface area contributed by atoms with E-state index >= 15 is 0 Å². The molecular weight excluding hydrogens is 775 g/mol. The summed E-state index contributed by atoms with van der Waals surface area (Å²) in [7, 11) is -1.66. The fourth-order valence-electron chi connectivity index (χ4n) is 5.94. The minimum Gasteiger partial charge on any atom is -0.156 e. The standard InChI is InChI=1S/C20H19ClP.C20H19P.Au/c1-2-22(21,18-12-6-3-7-13-18,19-14-8-4-9-15-19)20-16-10-5-11-17-20;1-2-21(18-12-6-3-7-13-18,19-14-8-4-9-15-19)20-16-10-5-11-17-20;/h2-17H,1H3;2-17H,1H3;/q-1;;+1. The van der Waals surface area contributed by atoms with Gasteiger partial charge in [0.05, 0.1) is 15.9 Å². The molecule has 0 heterocycles. The van der Waals surface area contributed by atoms with Crippen LogP contribution in [0, 0.1) is 12.3 Å². The molecule has 6 aromatic rings. The molecule has 0 amide bonds. The number of benzene rings is 6. The molecule has 0 aromatic heterocycles. The summed E-state index contributed by atoms with van der Waals surface area (Å²) in [5, 5.41) is 7.75. The summed E-state index contributed by atoms with van der Waals surface area (Å²) in [6.45, 7) is 4.28. The van der Waals surface area contributed by atoms with Crippen molar-refractivity contribution in [2.75, 3.05) is 0 Å². The van der Waals surface area contributed by atoms with Crippen molar-refractivity contribution in [1.29, 1.82) is 0 Å². The first kappa shape index (κ1) is 34.1. The van der Waals surface area contributed by atoms with Crippen LogP contribution in [0.4, 0.5) is 0 Å². The molecule has 226 valence electrons. The normalized spacial score (nSPS) is 12.0. The number of hydrogen-bond acceptors (Lipinski definition) is 0. The quantitative estimate of drug-likeness (QED) is 0.0819. The average molecular weight is 813 g/mol. The SMILES string of the molecule is C[CH-]P(Cl)(c1ccccc1)(c1ccccc1)c1ccccc1.C[CH-][P+](c1ccccc1)(c1ccccc1)c1ccccc1.[Au+]. The van der Waals surface area contributed by atoms with Gasteiger partial charge >= 0.3 is 160 Å². The summed E-state index contributed by atoms with van der Waals surface area (Å²) < 4.78 is 0. The third-order valence-electron chi connectivity index (χ3n) is 8.15. The molecule has 0 bridgehead atoms. The summed E-state index contributed by atoms with van der Waals surface area (Å²) in [5.74, 6) is -3.05. The molecular formula is C40H38AuClP2. The summed E-state index contributed by atoms with van der Waals surface area (Å²) >= 11 is 7.63. The second-order valence-corrected chi connectivity index (χ2v) is 20.2. The number of halogens is 1. The van der Waals surface area contributed by atoms with Crippen LogP contribution in [0.2, 0.25) is 0 Å². The van der Waals surface area contributed by atoms with Crippen LogP contribution in [0.5, 0.6) is 0 Å². The van der Waals surface area contributed by atoms with Crippen molar-refractivity contribution in [2.24, 2.45) is 0 Å². The fraction of sp³-hybridized carbons (Fsp3) is 0.0500. The molecule has 6 aromatic carbocycles. The summed E-state index contributed by atoms with van der Waals surface area (Å²) in [5.41, 5.74) is 0. The smallest absolute Gasteiger partial charge is 0.156 e. The van der Waals surface area contributed by atoms with Crippen LogP contribution in [-0.4, -0.2) is 0 Å². The van der Waals surface area contributed by atoms with Crippen molar-refractivity contribution in [2.45, 2.75) is 13.8 Å². The van der Waals surface area contributed by atoms with Gasteiger partial charge in [-0.15, -0.1) is 0 Å². The molecule has 0 fully saturated rings. The zero-order valence-electron chi connectivity index (χ0n) is 25.0. The predicted octanol–water partition coefficient (Wildman–Crippen LogP) is 9.01. The van der Waals surface area contributed by atoms with Crippen LogP contribution >= 0.6 is 24.5 Å². The Labute approximate surface area is 285 Å². The molecule has 4 heteroatoms. The van der Waals surface area contributed by atoms with Crippen molar-refractivity contribution >= 4 is 56.3 Å². The van der Waals surface area contributed by atoms with E-state index in [1.807, 2.05) is 18.2 Å². The van der Waals surface area contributed by atoms with Crippen molar-refractivity contribution in [1.82, 2.24) is 0 Å². The van der Waals surface area contributed by atoms with Gasteiger partial charge in [0, 0.05) is 0 Å². The van der Waals surface area contributed by atoms with Gasteiger partial charge in [-0.1, -0.05) is 54.6 Å². The first-order chi connectivity index (χ1) is 21.1. The summed E-state index contributed by atoms with van der Waals surface area (Å²) in [6, 6.07) is 64.0. The van der Waals surface area contributed by atoms with Gasteiger partial charge in [-0.2, -0.15) is 13.1 Å². The molecule has 0 radical (unpaired) electrons. The molecule has 0 unspecified atom stereocenters. The van der Waals surface area contributed by atoms with Gasteiger partial charge in [-0.25, -0.2) is 0 Å². The molecule has 6 rings (SSSR count). The van der Waals surface area contributed by atoms with Crippen molar-refractivity contribution in [3.8, 4) is 0 Å². The maximum atomic E-state index is 7.63.